The van der Waals surface area contributed by atoms with E-state index in [1.165, 1.54) is 6.07 Å². The molecule has 2 aromatic carbocycles. The Labute approximate surface area is 103 Å². The van der Waals surface area contributed by atoms with Gasteiger partial charge in [0, 0.05) is 17.1 Å². The van der Waals surface area contributed by atoms with E-state index in [2.05, 4.69) is 0 Å². The average Bonchev–Trinajstić information content (AvgIpc) is 2.33. The first kappa shape index (κ1) is 12.0. The fourth-order valence-electron chi connectivity index (χ4n) is 1.58. The first-order valence-corrected chi connectivity index (χ1v) is 5.43. The fraction of sp³-hybridized carbons (Fsp3) is 0.0769. The van der Waals surface area contributed by atoms with Crippen molar-refractivity contribution in [3.8, 4) is 11.1 Å². The van der Waals surface area contributed by atoms with E-state index in [1.807, 2.05) is 0 Å². The molecule has 0 aliphatic rings. The molecule has 0 aliphatic carbocycles. The van der Waals surface area contributed by atoms with Crippen LogP contribution in [0.4, 0.5) is 8.78 Å². The van der Waals surface area contributed by atoms with Gasteiger partial charge in [0.2, 0.25) is 0 Å². The first-order valence-electron chi connectivity index (χ1n) is 5.05. The molecule has 4 heteroatoms. The van der Waals surface area contributed by atoms with Crippen molar-refractivity contribution in [3.63, 3.8) is 0 Å². The number of hydrogen-bond donors (Lipinski definition) is 1. The van der Waals surface area contributed by atoms with Crippen molar-refractivity contribution in [3.05, 3.63) is 58.6 Å². The minimum absolute atomic E-state index is 0.369. The van der Waals surface area contributed by atoms with E-state index in [1.54, 1.807) is 18.2 Å². The Hall–Kier alpha value is -1.45. The van der Waals surface area contributed by atoms with E-state index < -0.39 is 11.6 Å². The molecule has 0 aromatic heterocycles. The summed E-state index contributed by atoms with van der Waals surface area (Å²) in [5.74, 6) is -1.77. The van der Waals surface area contributed by atoms with Crippen molar-refractivity contribution in [2.24, 2.45) is 5.73 Å². The lowest BCUT2D eigenvalue weighted by molar-refractivity contribution is 0.509. The molecular formula is C13H10ClF2N. The van der Waals surface area contributed by atoms with Crippen molar-refractivity contribution >= 4 is 11.6 Å². The van der Waals surface area contributed by atoms with Gasteiger partial charge < -0.3 is 5.73 Å². The zero-order valence-electron chi connectivity index (χ0n) is 8.88. The van der Waals surface area contributed by atoms with Crippen molar-refractivity contribution < 1.29 is 8.78 Å². The Morgan fingerprint density at radius 3 is 2.41 bits per heavy atom. The van der Waals surface area contributed by atoms with Gasteiger partial charge in [-0.2, -0.15) is 0 Å². The largest absolute Gasteiger partial charge is 0.326 e. The van der Waals surface area contributed by atoms with Gasteiger partial charge in [0.05, 0.1) is 0 Å². The molecule has 2 aromatic rings. The molecule has 0 fully saturated rings. The molecule has 0 spiro atoms. The third-order valence-electron chi connectivity index (χ3n) is 2.50. The van der Waals surface area contributed by atoms with Crippen LogP contribution in [0.25, 0.3) is 11.1 Å². The van der Waals surface area contributed by atoms with Crippen molar-refractivity contribution in [1.82, 2.24) is 0 Å². The van der Waals surface area contributed by atoms with Crippen LogP contribution in [0.15, 0.2) is 36.4 Å². The molecule has 2 N–H and O–H groups in total. The lowest BCUT2D eigenvalue weighted by atomic mass is 10.0. The van der Waals surface area contributed by atoms with E-state index in [9.17, 15) is 8.78 Å². The predicted molar refractivity (Wildman–Crippen MR) is 64.7 cm³/mol. The smallest absolute Gasteiger partial charge is 0.159 e. The monoisotopic (exact) mass is 253 g/mol. The topological polar surface area (TPSA) is 26.0 Å². The van der Waals surface area contributed by atoms with Gasteiger partial charge in [0.1, 0.15) is 0 Å². The Morgan fingerprint density at radius 2 is 1.76 bits per heavy atom. The maximum absolute atomic E-state index is 13.1. The SMILES string of the molecule is NCc1ccc(Cl)c(-c2ccc(F)c(F)c2)c1. The summed E-state index contributed by atoms with van der Waals surface area (Å²) in [5.41, 5.74) is 7.59. The molecule has 17 heavy (non-hydrogen) atoms. The molecule has 0 saturated heterocycles. The van der Waals surface area contributed by atoms with E-state index in [-0.39, 0.29) is 0 Å². The highest BCUT2D eigenvalue weighted by molar-refractivity contribution is 6.33. The second-order valence-corrected chi connectivity index (χ2v) is 4.05. The van der Waals surface area contributed by atoms with Crippen LogP contribution >= 0.6 is 11.6 Å². The number of benzene rings is 2. The normalized spacial score (nSPS) is 10.6. The Balaban J connectivity index is 2.55. The third kappa shape index (κ3) is 2.46. The molecule has 0 unspecified atom stereocenters. The summed E-state index contributed by atoms with van der Waals surface area (Å²) in [7, 11) is 0. The van der Waals surface area contributed by atoms with Crippen molar-refractivity contribution in [2.45, 2.75) is 6.54 Å². The third-order valence-corrected chi connectivity index (χ3v) is 2.83. The van der Waals surface area contributed by atoms with Crippen LogP contribution in [0.1, 0.15) is 5.56 Å². The van der Waals surface area contributed by atoms with Gasteiger partial charge in [-0.05, 0) is 35.4 Å². The highest BCUT2D eigenvalue weighted by Crippen LogP contribution is 2.29. The van der Waals surface area contributed by atoms with Gasteiger partial charge in [-0.25, -0.2) is 8.78 Å². The minimum atomic E-state index is -0.892. The molecule has 0 aliphatic heterocycles. The zero-order valence-corrected chi connectivity index (χ0v) is 9.64. The maximum Gasteiger partial charge on any atom is 0.159 e. The van der Waals surface area contributed by atoms with Gasteiger partial charge >= 0.3 is 0 Å². The summed E-state index contributed by atoms with van der Waals surface area (Å²) >= 11 is 6.02. The molecule has 0 atom stereocenters. The second-order valence-electron chi connectivity index (χ2n) is 3.65. The number of nitrogens with two attached hydrogens (primary N) is 1. The summed E-state index contributed by atoms with van der Waals surface area (Å²) in [6.45, 7) is 0.369. The maximum atomic E-state index is 13.1. The number of rotatable bonds is 2. The predicted octanol–water partition coefficient (Wildman–Crippen LogP) is 3.74. The molecule has 0 amide bonds. The molecular weight excluding hydrogens is 244 g/mol. The summed E-state index contributed by atoms with van der Waals surface area (Å²) in [6, 6.07) is 8.95. The zero-order chi connectivity index (χ0) is 12.4. The van der Waals surface area contributed by atoms with Crippen LogP contribution in [-0.2, 0) is 6.54 Å². The summed E-state index contributed by atoms with van der Waals surface area (Å²) in [6.07, 6.45) is 0. The van der Waals surface area contributed by atoms with Gasteiger partial charge in [-0.15, -0.1) is 0 Å². The van der Waals surface area contributed by atoms with Gasteiger partial charge in [-0.1, -0.05) is 23.7 Å². The summed E-state index contributed by atoms with van der Waals surface area (Å²) < 4.78 is 26.0. The highest BCUT2D eigenvalue weighted by atomic mass is 35.5. The Morgan fingerprint density at radius 1 is 1.00 bits per heavy atom. The van der Waals surface area contributed by atoms with E-state index in [4.69, 9.17) is 17.3 Å². The second kappa shape index (κ2) is 4.82. The standard InChI is InChI=1S/C13H10ClF2N/c14-11-3-1-8(7-17)5-10(11)9-2-4-12(15)13(16)6-9/h1-6H,7,17H2. The van der Waals surface area contributed by atoms with Crippen molar-refractivity contribution in [1.29, 1.82) is 0 Å². The van der Waals surface area contributed by atoms with E-state index >= 15 is 0 Å². The fourth-order valence-corrected chi connectivity index (χ4v) is 1.81. The number of hydrogen-bond acceptors (Lipinski definition) is 1. The van der Waals surface area contributed by atoms with Gasteiger partial charge in [0.25, 0.3) is 0 Å². The molecule has 0 bridgehead atoms. The molecule has 88 valence electrons. The Kier molecular flexibility index (Phi) is 3.41. The first-order chi connectivity index (χ1) is 8.11. The van der Waals surface area contributed by atoms with E-state index in [0.29, 0.717) is 22.7 Å². The lowest BCUT2D eigenvalue weighted by Crippen LogP contribution is -1.96. The van der Waals surface area contributed by atoms with Gasteiger partial charge in [-0.3, -0.25) is 0 Å². The van der Waals surface area contributed by atoms with E-state index in [0.717, 1.165) is 17.7 Å². The molecule has 0 heterocycles. The number of halogens is 3. The van der Waals surface area contributed by atoms with Crippen LogP contribution in [0.2, 0.25) is 5.02 Å². The van der Waals surface area contributed by atoms with Crippen molar-refractivity contribution in [2.75, 3.05) is 0 Å². The molecule has 2 rings (SSSR count). The minimum Gasteiger partial charge on any atom is -0.326 e. The summed E-state index contributed by atoms with van der Waals surface area (Å²) in [5, 5.41) is 0.480. The average molecular weight is 254 g/mol. The molecule has 1 nitrogen and oxygen atoms in total. The molecule has 0 saturated carbocycles. The van der Waals surface area contributed by atoms with Crippen LogP contribution in [0.5, 0.6) is 0 Å². The summed E-state index contributed by atoms with van der Waals surface area (Å²) in [4.78, 5) is 0. The van der Waals surface area contributed by atoms with Crippen LogP contribution in [0, 0.1) is 11.6 Å². The highest BCUT2D eigenvalue weighted by Gasteiger charge is 2.08. The quantitative estimate of drug-likeness (QED) is 0.867. The molecule has 0 radical (unpaired) electrons. The van der Waals surface area contributed by atoms with Gasteiger partial charge in [0.15, 0.2) is 11.6 Å². The Bertz CT molecular complexity index is 555. The van der Waals surface area contributed by atoms with Crippen LogP contribution in [0.3, 0.4) is 0 Å². The van der Waals surface area contributed by atoms with Crippen LogP contribution in [-0.4, -0.2) is 0 Å². The van der Waals surface area contributed by atoms with Crippen LogP contribution < -0.4 is 5.73 Å². The lowest BCUT2D eigenvalue weighted by Gasteiger charge is -2.07.